The largest absolute Gasteiger partial charge is 0.504 e. The van der Waals surface area contributed by atoms with Gasteiger partial charge in [0.15, 0.2) is 23.4 Å². The van der Waals surface area contributed by atoms with Gasteiger partial charge in [0.1, 0.15) is 12.2 Å². The maximum absolute atomic E-state index is 10.7. The minimum Gasteiger partial charge on any atom is -0.504 e. The molecule has 122 valence electrons. The molecule has 5 N–H and O–H groups in total. The van der Waals surface area contributed by atoms with Crippen molar-refractivity contribution >= 4 is 0 Å². The fourth-order valence-corrected chi connectivity index (χ4v) is 2.98. The van der Waals surface area contributed by atoms with Crippen LogP contribution in [0.2, 0.25) is 0 Å². The zero-order valence-corrected chi connectivity index (χ0v) is 11.8. The predicted octanol–water partition coefficient (Wildman–Crippen LogP) is -1.53. The fourth-order valence-electron chi connectivity index (χ4n) is 2.98. The van der Waals surface area contributed by atoms with Crippen LogP contribution in [0.3, 0.4) is 0 Å². The molecule has 3 rings (SSSR count). The van der Waals surface area contributed by atoms with Gasteiger partial charge in [-0.2, -0.15) is 0 Å². The van der Waals surface area contributed by atoms with Gasteiger partial charge in [0, 0.05) is 6.42 Å². The number of methoxy groups -OCH3 is 1. The Bertz CT molecular complexity index is 578. The van der Waals surface area contributed by atoms with Crippen molar-refractivity contribution in [2.24, 2.45) is 0 Å². The third kappa shape index (κ3) is 2.00. The summed E-state index contributed by atoms with van der Waals surface area (Å²) in [5.74, 6) is -2.12. The van der Waals surface area contributed by atoms with Gasteiger partial charge in [-0.3, -0.25) is 0 Å². The summed E-state index contributed by atoms with van der Waals surface area (Å²) < 4.78 is 15.2. The van der Waals surface area contributed by atoms with Gasteiger partial charge in [0.2, 0.25) is 5.79 Å². The van der Waals surface area contributed by atoms with Gasteiger partial charge in [0.25, 0.3) is 0 Å². The van der Waals surface area contributed by atoms with Crippen molar-refractivity contribution < 1.29 is 39.7 Å². The van der Waals surface area contributed by atoms with E-state index in [1.807, 2.05) is 0 Å². The van der Waals surface area contributed by atoms with E-state index in [1.165, 1.54) is 25.3 Å². The quantitative estimate of drug-likeness (QED) is 0.454. The molecule has 1 aromatic rings. The van der Waals surface area contributed by atoms with Crippen LogP contribution in [0.15, 0.2) is 18.2 Å². The predicted molar refractivity (Wildman–Crippen MR) is 71.1 cm³/mol. The van der Waals surface area contributed by atoms with E-state index in [4.69, 9.17) is 14.2 Å². The lowest BCUT2D eigenvalue weighted by Gasteiger charge is -2.36. The summed E-state index contributed by atoms with van der Waals surface area (Å²) in [5, 5.41) is 50.5. The average Bonchev–Trinajstić information content (AvgIpc) is 2.87. The van der Waals surface area contributed by atoms with Crippen molar-refractivity contribution in [2.45, 2.75) is 36.3 Å². The maximum Gasteiger partial charge on any atom is 0.230 e. The molecule has 2 fully saturated rings. The Morgan fingerprint density at radius 3 is 2.73 bits per heavy atom. The van der Waals surface area contributed by atoms with Gasteiger partial charge < -0.3 is 39.7 Å². The first kappa shape index (κ1) is 15.5. The van der Waals surface area contributed by atoms with Crippen LogP contribution in [0.4, 0.5) is 0 Å². The summed E-state index contributed by atoms with van der Waals surface area (Å²) in [4.78, 5) is 0. The van der Waals surface area contributed by atoms with Gasteiger partial charge in [-0.15, -0.1) is 0 Å². The van der Waals surface area contributed by atoms with Crippen molar-refractivity contribution in [2.75, 3.05) is 13.7 Å². The number of rotatable bonds is 3. The molecule has 5 atom stereocenters. The standard InChI is InChI=1S/C14H18O8/c1-20-10-4-7(2-3-8(10)15)5-13(18)12(17)22-11-9(16)6-21-14(11,13)19/h2-4,9,11-12,15-19H,5-6H2,1H3. The smallest absolute Gasteiger partial charge is 0.230 e. The number of ether oxygens (including phenoxy) is 3. The first-order valence-corrected chi connectivity index (χ1v) is 6.78. The molecule has 2 saturated heterocycles. The van der Waals surface area contributed by atoms with Crippen molar-refractivity contribution in [1.82, 2.24) is 0 Å². The van der Waals surface area contributed by atoms with Crippen LogP contribution in [0.1, 0.15) is 5.56 Å². The van der Waals surface area contributed by atoms with Crippen molar-refractivity contribution in [1.29, 1.82) is 0 Å². The van der Waals surface area contributed by atoms with E-state index in [2.05, 4.69) is 0 Å². The molecule has 0 aromatic heterocycles. The highest BCUT2D eigenvalue weighted by atomic mass is 16.7. The highest BCUT2D eigenvalue weighted by Gasteiger charge is 2.71. The Balaban J connectivity index is 1.93. The molecule has 2 aliphatic heterocycles. The highest BCUT2D eigenvalue weighted by Crippen LogP contribution is 2.47. The van der Waals surface area contributed by atoms with Crippen LogP contribution >= 0.6 is 0 Å². The summed E-state index contributed by atoms with van der Waals surface area (Å²) in [7, 11) is 1.38. The molecule has 0 amide bonds. The third-order valence-electron chi connectivity index (χ3n) is 4.23. The van der Waals surface area contributed by atoms with E-state index in [-0.39, 0.29) is 24.5 Å². The molecule has 5 unspecified atom stereocenters. The molecule has 8 nitrogen and oxygen atoms in total. The molecule has 0 saturated carbocycles. The molecule has 0 spiro atoms. The van der Waals surface area contributed by atoms with Crippen LogP contribution in [0, 0.1) is 0 Å². The van der Waals surface area contributed by atoms with E-state index >= 15 is 0 Å². The summed E-state index contributed by atoms with van der Waals surface area (Å²) >= 11 is 0. The van der Waals surface area contributed by atoms with Crippen LogP contribution in [0.25, 0.3) is 0 Å². The number of hydrogen-bond acceptors (Lipinski definition) is 8. The lowest BCUT2D eigenvalue weighted by atomic mass is 9.84. The van der Waals surface area contributed by atoms with E-state index in [9.17, 15) is 25.5 Å². The summed E-state index contributed by atoms with van der Waals surface area (Å²) in [6.07, 6.45) is -4.36. The number of fused-ring (bicyclic) bond motifs is 1. The van der Waals surface area contributed by atoms with E-state index in [0.717, 1.165) is 0 Å². The molecule has 0 radical (unpaired) electrons. The summed E-state index contributed by atoms with van der Waals surface area (Å²) in [6.45, 7) is -0.213. The Hall–Kier alpha value is -1.42. The topological polar surface area (TPSA) is 129 Å². The van der Waals surface area contributed by atoms with E-state index in [0.29, 0.717) is 5.56 Å². The second kappa shape index (κ2) is 5.05. The van der Waals surface area contributed by atoms with Gasteiger partial charge >= 0.3 is 0 Å². The minimum absolute atomic E-state index is 0.0782. The van der Waals surface area contributed by atoms with E-state index < -0.39 is 29.9 Å². The second-order valence-corrected chi connectivity index (χ2v) is 5.59. The Labute approximate surface area is 126 Å². The Morgan fingerprint density at radius 2 is 2.05 bits per heavy atom. The number of aliphatic hydroxyl groups excluding tert-OH is 2. The molecule has 0 aliphatic carbocycles. The molecule has 22 heavy (non-hydrogen) atoms. The van der Waals surface area contributed by atoms with Crippen molar-refractivity contribution in [3.05, 3.63) is 23.8 Å². The lowest BCUT2D eigenvalue weighted by molar-refractivity contribution is -0.283. The Morgan fingerprint density at radius 1 is 1.32 bits per heavy atom. The van der Waals surface area contributed by atoms with Crippen LogP contribution in [-0.4, -0.2) is 69.1 Å². The van der Waals surface area contributed by atoms with Gasteiger partial charge in [0.05, 0.1) is 13.7 Å². The number of aliphatic hydroxyl groups is 4. The maximum atomic E-state index is 10.7. The molecular formula is C14H18O8. The minimum atomic E-state index is -2.23. The van der Waals surface area contributed by atoms with Crippen LogP contribution in [-0.2, 0) is 15.9 Å². The number of hydrogen-bond donors (Lipinski definition) is 5. The number of phenolic OH excluding ortho intramolecular Hbond substituents is 1. The fraction of sp³-hybridized carbons (Fsp3) is 0.571. The number of benzene rings is 1. The first-order chi connectivity index (χ1) is 10.3. The normalized spacial score (nSPS) is 40.7. The number of phenols is 1. The Kier molecular flexibility index (Phi) is 3.55. The monoisotopic (exact) mass is 314 g/mol. The molecular weight excluding hydrogens is 296 g/mol. The molecule has 2 aliphatic rings. The first-order valence-electron chi connectivity index (χ1n) is 6.78. The SMILES string of the molecule is COc1cc(CC2(O)C(O)OC3C(O)COC32O)ccc1O. The van der Waals surface area contributed by atoms with Crippen LogP contribution in [0.5, 0.6) is 11.5 Å². The molecule has 1 aromatic carbocycles. The van der Waals surface area contributed by atoms with E-state index in [1.54, 1.807) is 0 Å². The average molecular weight is 314 g/mol. The second-order valence-electron chi connectivity index (χ2n) is 5.59. The lowest BCUT2D eigenvalue weighted by Crippen LogP contribution is -2.60. The zero-order valence-electron chi connectivity index (χ0n) is 11.8. The summed E-state index contributed by atoms with van der Waals surface area (Å²) in [6, 6.07) is 4.33. The van der Waals surface area contributed by atoms with Gasteiger partial charge in [-0.1, -0.05) is 6.07 Å². The van der Waals surface area contributed by atoms with Gasteiger partial charge in [-0.05, 0) is 17.7 Å². The van der Waals surface area contributed by atoms with Crippen molar-refractivity contribution in [3.8, 4) is 11.5 Å². The van der Waals surface area contributed by atoms with Gasteiger partial charge in [-0.25, -0.2) is 0 Å². The zero-order chi connectivity index (χ0) is 16.1. The third-order valence-corrected chi connectivity index (χ3v) is 4.23. The van der Waals surface area contributed by atoms with Crippen molar-refractivity contribution in [3.63, 3.8) is 0 Å². The number of aromatic hydroxyl groups is 1. The molecule has 0 bridgehead atoms. The van der Waals surface area contributed by atoms with Crippen LogP contribution < -0.4 is 4.74 Å². The molecule has 2 heterocycles. The highest BCUT2D eigenvalue weighted by molar-refractivity contribution is 5.42. The molecule has 8 heteroatoms. The summed E-state index contributed by atoms with van der Waals surface area (Å²) in [5.41, 5.74) is -1.70.